The van der Waals surface area contributed by atoms with Crippen LogP contribution in [0.1, 0.15) is 0 Å². The molecule has 0 fully saturated rings. The molecule has 1 heterocycles. The molecule has 0 aliphatic carbocycles. The van der Waals surface area contributed by atoms with Gasteiger partial charge >= 0.3 is 0 Å². The van der Waals surface area contributed by atoms with Gasteiger partial charge in [0, 0.05) is 26.6 Å². The Morgan fingerprint density at radius 2 is 1.00 bits per heavy atom. The van der Waals surface area contributed by atoms with Crippen molar-refractivity contribution in [3.05, 3.63) is 74.4 Å². The second kappa shape index (κ2) is 6.77. The molecular formula is C20H9Br2F5N+. The van der Waals surface area contributed by atoms with E-state index in [1.54, 1.807) is 48.0 Å². The highest BCUT2D eigenvalue weighted by Gasteiger charge is 2.30. The van der Waals surface area contributed by atoms with E-state index in [9.17, 15) is 22.0 Å². The highest BCUT2D eigenvalue weighted by molar-refractivity contribution is 9.10. The molecule has 3 aromatic carbocycles. The number of hydrogen-bond acceptors (Lipinski definition) is 0. The molecule has 0 saturated heterocycles. The summed E-state index contributed by atoms with van der Waals surface area (Å²) in [5.74, 6) is -9.88. The van der Waals surface area contributed by atoms with Crippen LogP contribution in [-0.4, -0.2) is 0 Å². The first kappa shape index (κ1) is 19.3. The van der Waals surface area contributed by atoms with E-state index in [1.165, 1.54) is 0 Å². The Bertz CT molecular complexity index is 1210. The molecule has 142 valence electrons. The number of hydrogen-bond donors (Lipinski definition) is 0. The first-order chi connectivity index (χ1) is 13.2. The lowest BCUT2D eigenvalue weighted by Crippen LogP contribution is -2.30. The smallest absolute Gasteiger partial charge is 0.203 e. The van der Waals surface area contributed by atoms with Gasteiger partial charge in [0.25, 0.3) is 0 Å². The van der Waals surface area contributed by atoms with Crippen molar-refractivity contribution in [2.75, 3.05) is 0 Å². The van der Waals surface area contributed by atoms with E-state index in [4.69, 9.17) is 0 Å². The number of fused-ring (bicyclic) bond motifs is 2. The molecule has 0 amide bonds. The summed E-state index contributed by atoms with van der Waals surface area (Å²) in [6, 6.07) is 10.0. The van der Waals surface area contributed by atoms with E-state index < -0.39 is 34.6 Å². The van der Waals surface area contributed by atoms with Crippen LogP contribution in [-0.2, 0) is 7.05 Å². The first-order valence-electron chi connectivity index (χ1n) is 7.94. The van der Waals surface area contributed by atoms with Crippen molar-refractivity contribution in [3.63, 3.8) is 0 Å². The lowest BCUT2D eigenvalue weighted by Gasteiger charge is -2.14. The van der Waals surface area contributed by atoms with E-state index in [0.717, 1.165) is 0 Å². The second-order valence-electron chi connectivity index (χ2n) is 6.20. The van der Waals surface area contributed by atoms with Crippen molar-refractivity contribution >= 4 is 53.7 Å². The molecule has 0 aliphatic heterocycles. The summed E-state index contributed by atoms with van der Waals surface area (Å²) >= 11 is 6.61. The van der Waals surface area contributed by atoms with Crippen LogP contribution in [0.3, 0.4) is 0 Å². The number of halogens is 7. The van der Waals surface area contributed by atoms with Crippen LogP contribution in [0.2, 0.25) is 0 Å². The molecule has 0 N–H and O–H groups in total. The SMILES string of the molecule is C[n+]1c2ccc(Br)cc2c(-c2c(F)c(F)c(F)c(F)c2F)c2cc(Br)ccc21. The number of rotatable bonds is 1. The zero-order valence-corrected chi connectivity index (χ0v) is 17.2. The summed E-state index contributed by atoms with van der Waals surface area (Å²) in [6.45, 7) is 0. The standard InChI is InChI=1S/C20H9Br2F5N/c1-28-12-4-2-8(21)6-10(12)14(11-7-9(22)3-5-13(11)28)15-16(23)18(25)20(27)19(26)17(15)24/h2-7H,1H3/q+1. The van der Waals surface area contributed by atoms with Crippen LogP contribution < -0.4 is 4.57 Å². The van der Waals surface area contributed by atoms with Crippen LogP contribution in [0.5, 0.6) is 0 Å². The number of benzene rings is 3. The van der Waals surface area contributed by atoms with E-state index in [-0.39, 0.29) is 5.56 Å². The Labute approximate surface area is 172 Å². The minimum Gasteiger partial charge on any atom is -0.203 e. The molecule has 0 spiro atoms. The van der Waals surface area contributed by atoms with Crippen molar-refractivity contribution in [2.24, 2.45) is 7.05 Å². The summed E-state index contributed by atoms with van der Waals surface area (Å²) in [5.41, 5.74) is 0.107. The van der Waals surface area contributed by atoms with Crippen LogP contribution in [0, 0.1) is 29.1 Å². The fourth-order valence-corrected chi connectivity index (χ4v) is 4.09. The summed E-state index contributed by atoms with van der Waals surface area (Å²) in [5, 5.41) is 0.677. The van der Waals surface area contributed by atoms with Gasteiger partial charge in [0.2, 0.25) is 16.9 Å². The summed E-state index contributed by atoms with van der Waals surface area (Å²) in [7, 11) is 1.76. The second-order valence-corrected chi connectivity index (χ2v) is 8.03. The summed E-state index contributed by atoms with van der Waals surface area (Å²) < 4.78 is 73.8. The maximum atomic E-state index is 14.7. The minimum absolute atomic E-state index is 0.0708. The molecule has 8 heteroatoms. The van der Waals surface area contributed by atoms with Crippen LogP contribution in [0.4, 0.5) is 22.0 Å². The van der Waals surface area contributed by atoms with Gasteiger partial charge in [-0.1, -0.05) is 31.9 Å². The predicted molar refractivity (Wildman–Crippen MR) is 103 cm³/mol. The van der Waals surface area contributed by atoms with E-state index in [0.29, 0.717) is 30.8 Å². The molecule has 1 aromatic heterocycles. The van der Waals surface area contributed by atoms with E-state index >= 15 is 0 Å². The van der Waals surface area contributed by atoms with Gasteiger partial charge in [-0.15, -0.1) is 0 Å². The van der Waals surface area contributed by atoms with Gasteiger partial charge in [0.15, 0.2) is 23.3 Å². The van der Waals surface area contributed by atoms with Crippen LogP contribution in [0.25, 0.3) is 32.9 Å². The highest BCUT2D eigenvalue weighted by Crippen LogP contribution is 2.40. The Morgan fingerprint density at radius 1 is 0.607 bits per heavy atom. The van der Waals surface area contributed by atoms with Crippen molar-refractivity contribution in [3.8, 4) is 11.1 Å². The van der Waals surface area contributed by atoms with Gasteiger partial charge in [0.05, 0.1) is 16.3 Å². The van der Waals surface area contributed by atoms with Gasteiger partial charge in [-0.25, -0.2) is 22.0 Å². The molecule has 4 rings (SSSR count). The largest absolute Gasteiger partial charge is 0.213 e. The van der Waals surface area contributed by atoms with Gasteiger partial charge in [-0.05, 0) is 24.3 Å². The summed E-state index contributed by atoms with van der Waals surface area (Å²) in [4.78, 5) is 0. The topological polar surface area (TPSA) is 3.88 Å². The van der Waals surface area contributed by atoms with Gasteiger partial charge < -0.3 is 0 Å². The van der Waals surface area contributed by atoms with Gasteiger partial charge in [0.1, 0.15) is 7.05 Å². The fraction of sp³-hybridized carbons (Fsp3) is 0.0500. The quantitative estimate of drug-likeness (QED) is 0.0869. The van der Waals surface area contributed by atoms with Crippen LogP contribution in [0.15, 0.2) is 45.3 Å². The fourth-order valence-electron chi connectivity index (χ4n) is 3.37. The first-order valence-corrected chi connectivity index (χ1v) is 9.53. The monoisotopic (exact) mass is 516 g/mol. The third-order valence-corrected chi connectivity index (χ3v) is 5.62. The van der Waals surface area contributed by atoms with Crippen molar-refractivity contribution in [2.45, 2.75) is 0 Å². The van der Waals surface area contributed by atoms with Crippen molar-refractivity contribution in [1.82, 2.24) is 0 Å². The highest BCUT2D eigenvalue weighted by atomic mass is 79.9. The molecule has 0 unspecified atom stereocenters. The molecule has 28 heavy (non-hydrogen) atoms. The Hall–Kier alpha value is -2.06. The number of aromatic nitrogens is 1. The number of nitrogens with zero attached hydrogens (tertiary/aromatic N) is 1. The molecular weight excluding hydrogens is 509 g/mol. The molecule has 0 radical (unpaired) electrons. The molecule has 1 nitrogen and oxygen atoms in total. The minimum atomic E-state index is -2.18. The molecule has 0 saturated carbocycles. The van der Waals surface area contributed by atoms with Crippen molar-refractivity contribution < 1.29 is 26.5 Å². The molecule has 0 aliphatic rings. The Kier molecular flexibility index (Phi) is 4.66. The third-order valence-electron chi connectivity index (χ3n) is 4.64. The lowest BCUT2D eigenvalue weighted by molar-refractivity contribution is -0.617. The van der Waals surface area contributed by atoms with Gasteiger partial charge in [-0.2, -0.15) is 4.57 Å². The van der Waals surface area contributed by atoms with E-state index in [2.05, 4.69) is 31.9 Å². The molecule has 0 atom stereocenters. The molecule has 4 aromatic rings. The lowest BCUT2D eigenvalue weighted by atomic mass is 9.94. The zero-order valence-electron chi connectivity index (χ0n) is 14.1. The van der Waals surface area contributed by atoms with Crippen LogP contribution >= 0.6 is 31.9 Å². The summed E-state index contributed by atoms with van der Waals surface area (Å²) in [6.07, 6.45) is 0. The zero-order chi connectivity index (χ0) is 20.3. The van der Waals surface area contributed by atoms with E-state index in [1.807, 2.05) is 0 Å². The third kappa shape index (κ3) is 2.73. The average molecular weight is 518 g/mol. The maximum absolute atomic E-state index is 14.7. The average Bonchev–Trinajstić information content (AvgIpc) is 2.67. The number of pyridine rings is 1. The maximum Gasteiger partial charge on any atom is 0.213 e. The Morgan fingerprint density at radius 3 is 1.43 bits per heavy atom. The molecule has 0 bridgehead atoms. The van der Waals surface area contributed by atoms with Crippen molar-refractivity contribution in [1.29, 1.82) is 0 Å². The number of aryl methyl sites for hydroxylation is 1. The predicted octanol–water partition coefficient (Wildman–Crippen LogP) is 6.71. The van der Waals surface area contributed by atoms with Gasteiger partial charge in [-0.3, -0.25) is 0 Å². The normalized spacial score (nSPS) is 11.6. The Balaban J connectivity index is 2.35.